The third kappa shape index (κ3) is 1.81. The molecule has 2 aliphatic carbocycles. The summed E-state index contributed by atoms with van der Waals surface area (Å²) in [7, 11) is 0. The van der Waals surface area contributed by atoms with Crippen LogP contribution in [-0.2, 0) is 5.41 Å². The van der Waals surface area contributed by atoms with Gasteiger partial charge in [-0.25, -0.2) is 0 Å². The van der Waals surface area contributed by atoms with Crippen LogP contribution in [0.5, 0.6) is 0 Å². The molecule has 2 aromatic rings. The molecule has 1 atom stereocenters. The van der Waals surface area contributed by atoms with Crippen LogP contribution in [-0.4, -0.2) is 4.98 Å². The lowest BCUT2D eigenvalue weighted by molar-refractivity contribution is 0.415. The Morgan fingerprint density at radius 2 is 2.05 bits per heavy atom. The number of fused-ring (bicyclic) bond motifs is 3. The maximum atomic E-state index is 4.59. The fourth-order valence-electron chi connectivity index (χ4n) is 4.04. The highest BCUT2D eigenvalue weighted by molar-refractivity contribution is 5.82. The van der Waals surface area contributed by atoms with Gasteiger partial charge in [-0.2, -0.15) is 0 Å². The van der Waals surface area contributed by atoms with Crippen molar-refractivity contribution < 1.29 is 0 Å². The highest BCUT2D eigenvalue weighted by Crippen LogP contribution is 2.53. The van der Waals surface area contributed by atoms with Crippen LogP contribution in [0.3, 0.4) is 0 Å². The number of nitrogens with zero attached hydrogens (tertiary/aromatic N) is 1. The molecule has 0 fully saturated rings. The van der Waals surface area contributed by atoms with Gasteiger partial charge in [0.05, 0.1) is 5.69 Å². The predicted molar refractivity (Wildman–Crippen MR) is 92.7 cm³/mol. The molecular formula is C21H21N. The van der Waals surface area contributed by atoms with Crippen molar-refractivity contribution in [3.05, 3.63) is 71.4 Å². The van der Waals surface area contributed by atoms with Crippen molar-refractivity contribution in [2.24, 2.45) is 5.92 Å². The van der Waals surface area contributed by atoms with Crippen molar-refractivity contribution in [3.63, 3.8) is 0 Å². The van der Waals surface area contributed by atoms with Crippen LogP contribution in [0.1, 0.15) is 37.0 Å². The molecule has 1 aromatic heterocycles. The van der Waals surface area contributed by atoms with Gasteiger partial charge in [0.2, 0.25) is 0 Å². The molecule has 110 valence electrons. The SMILES string of the molecule is Cc1cccnc1-c1ccc2c(c1)C(C)(C)C1CC=CC=C21. The molecular weight excluding hydrogens is 266 g/mol. The fraction of sp³-hybridized carbons (Fsp3) is 0.286. The van der Waals surface area contributed by atoms with Crippen LogP contribution in [0.25, 0.3) is 16.8 Å². The summed E-state index contributed by atoms with van der Waals surface area (Å²) in [5, 5.41) is 0. The average molecular weight is 287 g/mol. The quantitative estimate of drug-likeness (QED) is 0.693. The number of hydrogen-bond acceptors (Lipinski definition) is 1. The standard InChI is InChI=1S/C21H21N/c1-14-7-6-12-22-20(14)15-10-11-17-16-8-4-5-9-18(16)21(2,3)19(17)13-15/h4-8,10-13,18H,9H2,1-3H3. The Kier molecular flexibility index (Phi) is 2.87. The largest absolute Gasteiger partial charge is 0.256 e. The maximum absolute atomic E-state index is 4.59. The Morgan fingerprint density at radius 3 is 2.86 bits per heavy atom. The van der Waals surface area contributed by atoms with Gasteiger partial charge in [0, 0.05) is 11.8 Å². The summed E-state index contributed by atoms with van der Waals surface area (Å²) in [6.45, 7) is 6.89. The number of aryl methyl sites for hydroxylation is 1. The highest BCUT2D eigenvalue weighted by Gasteiger charge is 2.42. The Labute approximate surface area is 132 Å². The summed E-state index contributed by atoms with van der Waals surface area (Å²) in [6, 6.07) is 11.0. The van der Waals surface area contributed by atoms with Crippen molar-refractivity contribution in [3.8, 4) is 11.3 Å². The summed E-state index contributed by atoms with van der Waals surface area (Å²) in [4.78, 5) is 4.59. The molecule has 0 N–H and O–H groups in total. The molecule has 22 heavy (non-hydrogen) atoms. The molecule has 2 aliphatic rings. The minimum Gasteiger partial charge on any atom is -0.256 e. The second kappa shape index (κ2) is 4.67. The smallest absolute Gasteiger partial charge is 0.0731 e. The van der Waals surface area contributed by atoms with E-state index in [-0.39, 0.29) is 5.41 Å². The summed E-state index contributed by atoms with van der Waals surface area (Å²) < 4.78 is 0. The molecule has 0 radical (unpaired) electrons. The molecule has 4 rings (SSSR count). The van der Waals surface area contributed by atoms with E-state index in [4.69, 9.17) is 0 Å². The molecule has 1 nitrogen and oxygen atoms in total. The second-order valence-electron chi connectivity index (χ2n) is 6.99. The first-order valence-electron chi connectivity index (χ1n) is 8.02. The predicted octanol–water partition coefficient (Wildman–Crippen LogP) is 5.31. The summed E-state index contributed by atoms with van der Waals surface area (Å²) in [5.41, 5.74) is 8.15. The first-order chi connectivity index (χ1) is 10.6. The van der Waals surface area contributed by atoms with Crippen LogP contribution < -0.4 is 0 Å². The number of hydrogen-bond donors (Lipinski definition) is 0. The van der Waals surface area contributed by atoms with E-state index in [0.717, 1.165) is 12.1 Å². The third-order valence-corrected chi connectivity index (χ3v) is 5.34. The third-order valence-electron chi connectivity index (χ3n) is 5.34. The lowest BCUT2D eigenvalue weighted by atomic mass is 9.74. The highest BCUT2D eigenvalue weighted by atomic mass is 14.7. The monoisotopic (exact) mass is 287 g/mol. The maximum Gasteiger partial charge on any atom is 0.0731 e. The van der Waals surface area contributed by atoms with Crippen molar-refractivity contribution >= 4 is 5.57 Å². The number of aromatic nitrogens is 1. The van der Waals surface area contributed by atoms with Crippen LogP contribution in [0.2, 0.25) is 0 Å². The van der Waals surface area contributed by atoms with Crippen LogP contribution in [0.4, 0.5) is 0 Å². The normalized spacial score (nSPS) is 21.2. The van der Waals surface area contributed by atoms with Crippen molar-refractivity contribution in [1.82, 2.24) is 4.98 Å². The van der Waals surface area contributed by atoms with Crippen molar-refractivity contribution in [1.29, 1.82) is 0 Å². The van der Waals surface area contributed by atoms with Crippen LogP contribution in [0.15, 0.2) is 54.8 Å². The Morgan fingerprint density at radius 1 is 1.18 bits per heavy atom. The van der Waals surface area contributed by atoms with E-state index >= 15 is 0 Å². The zero-order chi connectivity index (χ0) is 15.3. The Balaban J connectivity index is 1.90. The summed E-state index contributed by atoms with van der Waals surface area (Å²) in [5.74, 6) is 0.604. The zero-order valence-electron chi connectivity index (χ0n) is 13.4. The van der Waals surface area contributed by atoms with E-state index in [1.54, 1.807) is 0 Å². The number of allylic oxidation sites excluding steroid dienone is 4. The molecule has 0 amide bonds. The molecule has 0 bridgehead atoms. The summed E-state index contributed by atoms with van der Waals surface area (Å²) in [6.07, 6.45) is 9.82. The first kappa shape index (κ1) is 13.5. The van der Waals surface area contributed by atoms with Gasteiger partial charge in [-0.05, 0) is 59.1 Å². The van der Waals surface area contributed by atoms with E-state index in [2.05, 4.69) is 68.2 Å². The number of benzene rings is 1. The lowest BCUT2D eigenvalue weighted by Crippen LogP contribution is -2.23. The van der Waals surface area contributed by atoms with Gasteiger partial charge in [0.15, 0.2) is 0 Å². The van der Waals surface area contributed by atoms with E-state index in [9.17, 15) is 0 Å². The minimum atomic E-state index is 0.185. The van der Waals surface area contributed by atoms with Crippen molar-refractivity contribution in [2.75, 3.05) is 0 Å². The van der Waals surface area contributed by atoms with E-state index in [1.807, 2.05) is 12.3 Å². The first-order valence-corrected chi connectivity index (χ1v) is 8.02. The van der Waals surface area contributed by atoms with Gasteiger partial charge in [-0.3, -0.25) is 4.98 Å². The Bertz CT molecular complexity index is 808. The molecule has 1 heteroatoms. The van der Waals surface area contributed by atoms with Gasteiger partial charge >= 0.3 is 0 Å². The van der Waals surface area contributed by atoms with Crippen LogP contribution in [0, 0.1) is 12.8 Å². The second-order valence-corrected chi connectivity index (χ2v) is 6.99. The Hall–Kier alpha value is -2.15. The molecule has 0 saturated heterocycles. The topological polar surface area (TPSA) is 12.9 Å². The minimum absolute atomic E-state index is 0.185. The summed E-state index contributed by atoms with van der Waals surface area (Å²) >= 11 is 0. The van der Waals surface area contributed by atoms with Crippen molar-refractivity contribution in [2.45, 2.75) is 32.6 Å². The zero-order valence-corrected chi connectivity index (χ0v) is 13.4. The molecule has 0 spiro atoms. The average Bonchev–Trinajstić information content (AvgIpc) is 2.76. The van der Waals surface area contributed by atoms with Gasteiger partial charge in [-0.15, -0.1) is 0 Å². The number of pyridine rings is 1. The molecule has 0 aliphatic heterocycles. The molecule has 1 heterocycles. The lowest BCUT2D eigenvalue weighted by Gasteiger charge is -2.29. The molecule has 0 saturated carbocycles. The molecule has 1 unspecified atom stereocenters. The van der Waals surface area contributed by atoms with E-state index in [0.29, 0.717) is 5.92 Å². The van der Waals surface area contributed by atoms with E-state index < -0.39 is 0 Å². The van der Waals surface area contributed by atoms with E-state index in [1.165, 1.54) is 27.8 Å². The number of rotatable bonds is 1. The molecule has 1 aromatic carbocycles. The van der Waals surface area contributed by atoms with Gasteiger partial charge < -0.3 is 0 Å². The van der Waals surface area contributed by atoms with Crippen LogP contribution >= 0.6 is 0 Å². The van der Waals surface area contributed by atoms with Gasteiger partial charge in [0.1, 0.15) is 0 Å². The fourth-order valence-corrected chi connectivity index (χ4v) is 4.04. The van der Waals surface area contributed by atoms with Gasteiger partial charge in [0.25, 0.3) is 0 Å². The van der Waals surface area contributed by atoms with Gasteiger partial charge in [-0.1, -0.05) is 50.3 Å².